The molecule has 1 N–H and O–H groups in total. The van der Waals surface area contributed by atoms with Crippen LogP contribution in [0.1, 0.15) is 37.9 Å². The van der Waals surface area contributed by atoms with Gasteiger partial charge < -0.3 is 24.1 Å². The summed E-state index contributed by atoms with van der Waals surface area (Å²) >= 11 is 0. The second kappa shape index (κ2) is 8.66. The van der Waals surface area contributed by atoms with Crippen LogP contribution in [0.5, 0.6) is 23.0 Å². The van der Waals surface area contributed by atoms with Gasteiger partial charge in [0.25, 0.3) is 0 Å². The Labute approximate surface area is 158 Å². The van der Waals surface area contributed by atoms with E-state index in [2.05, 4.69) is 6.92 Å². The SMILES string of the molecule is CCCCCOc1cc(OC)ccc1C1Oc2ccccc2OC1C(=O)O. The summed E-state index contributed by atoms with van der Waals surface area (Å²) in [5.41, 5.74) is 0.620. The van der Waals surface area contributed by atoms with Crippen molar-refractivity contribution in [2.45, 2.75) is 38.4 Å². The lowest BCUT2D eigenvalue weighted by Crippen LogP contribution is -2.39. The Kier molecular flexibility index (Phi) is 6.06. The van der Waals surface area contributed by atoms with Crippen molar-refractivity contribution in [2.75, 3.05) is 13.7 Å². The fourth-order valence-electron chi connectivity index (χ4n) is 2.98. The average molecular weight is 372 g/mol. The molecule has 2 aromatic rings. The van der Waals surface area contributed by atoms with Gasteiger partial charge >= 0.3 is 5.97 Å². The second-order valence-corrected chi connectivity index (χ2v) is 6.32. The number of benzene rings is 2. The molecule has 0 spiro atoms. The first-order chi connectivity index (χ1) is 13.1. The molecule has 2 atom stereocenters. The molecule has 0 aromatic heterocycles. The van der Waals surface area contributed by atoms with Crippen molar-refractivity contribution in [2.24, 2.45) is 0 Å². The molecule has 1 aliphatic rings. The fraction of sp³-hybridized carbons (Fsp3) is 0.381. The predicted octanol–water partition coefficient (Wildman–Crippen LogP) is 4.23. The van der Waals surface area contributed by atoms with Crippen molar-refractivity contribution in [1.29, 1.82) is 0 Å². The Morgan fingerprint density at radius 3 is 2.52 bits per heavy atom. The van der Waals surface area contributed by atoms with E-state index in [0.717, 1.165) is 19.3 Å². The summed E-state index contributed by atoms with van der Waals surface area (Å²) in [5, 5.41) is 9.66. The van der Waals surface area contributed by atoms with Crippen LogP contribution in [-0.2, 0) is 4.79 Å². The van der Waals surface area contributed by atoms with Gasteiger partial charge in [0.2, 0.25) is 6.10 Å². The Hall–Kier alpha value is -2.89. The quantitative estimate of drug-likeness (QED) is 0.699. The smallest absolute Gasteiger partial charge is 0.349 e. The third-order valence-corrected chi connectivity index (χ3v) is 4.41. The Bertz CT molecular complexity index is 788. The van der Waals surface area contributed by atoms with E-state index in [0.29, 0.717) is 35.2 Å². The largest absolute Gasteiger partial charge is 0.497 e. The Morgan fingerprint density at radius 2 is 1.85 bits per heavy atom. The van der Waals surface area contributed by atoms with Crippen LogP contribution in [0.3, 0.4) is 0 Å². The number of hydrogen-bond donors (Lipinski definition) is 1. The fourth-order valence-corrected chi connectivity index (χ4v) is 2.98. The number of hydrogen-bond acceptors (Lipinski definition) is 5. The van der Waals surface area contributed by atoms with Gasteiger partial charge in [-0.15, -0.1) is 0 Å². The lowest BCUT2D eigenvalue weighted by atomic mass is 10.0. The van der Waals surface area contributed by atoms with E-state index in [9.17, 15) is 9.90 Å². The van der Waals surface area contributed by atoms with Crippen LogP contribution in [0.15, 0.2) is 42.5 Å². The minimum absolute atomic E-state index is 0.417. The number of aliphatic carboxylic acids is 1. The number of carboxylic acid groups (broad SMARTS) is 1. The highest BCUT2D eigenvalue weighted by atomic mass is 16.6. The minimum Gasteiger partial charge on any atom is -0.497 e. The predicted molar refractivity (Wildman–Crippen MR) is 99.9 cm³/mol. The maximum absolute atomic E-state index is 11.8. The molecule has 0 fully saturated rings. The van der Waals surface area contributed by atoms with E-state index in [1.807, 2.05) is 6.07 Å². The molecule has 144 valence electrons. The molecule has 1 aliphatic heterocycles. The maximum atomic E-state index is 11.8. The van der Waals surface area contributed by atoms with Gasteiger partial charge in [-0.1, -0.05) is 31.9 Å². The summed E-state index contributed by atoms with van der Waals surface area (Å²) in [6.45, 7) is 2.66. The van der Waals surface area contributed by atoms with Crippen LogP contribution < -0.4 is 18.9 Å². The highest BCUT2D eigenvalue weighted by Crippen LogP contribution is 2.42. The summed E-state index contributed by atoms with van der Waals surface area (Å²) < 4.78 is 22.9. The Morgan fingerprint density at radius 1 is 1.11 bits per heavy atom. The van der Waals surface area contributed by atoms with Gasteiger partial charge in [-0.25, -0.2) is 4.79 Å². The summed E-state index contributed by atoms with van der Waals surface area (Å²) in [5.74, 6) is 1.01. The van der Waals surface area contributed by atoms with Crippen molar-refractivity contribution in [1.82, 2.24) is 0 Å². The van der Waals surface area contributed by atoms with Gasteiger partial charge in [-0.05, 0) is 30.7 Å². The van der Waals surface area contributed by atoms with Crippen molar-refractivity contribution >= 4 is 5.97 Å². The van der Waals surface area contributed by atoms with Crippen molar-refractivity contribution in [3.05, 3.63) is 48.0 Å². The Balaban J connectivity index is 1.93. The molecule has 0 saturated carbocycles. The summed E-state index contributed by atoms with van der Waals surface area (Å²) in [6.07, 6.45) is 1.07. The monoisotopic (exact) mass is 372 g/mol. The average Bonchev–Trinajstić information content (AvgIpc) is 2.70. The number of ether oxygens (including phenoxy) is 4. The summed E-state index contributed by atoms with van der Waals surface area (Å²) in [4.78, 5) is 11.8. The standard InChI is InChI=1S/C21H24O6/c1-3-4-7-12-25-18-13-14(24-2)10-11-15(18)19-20(21(22)23)27-17-9-6-5-8-16(17)26-19/h5-6,8-11,13,19-20H,3-4,7,12H2,1-2H3,(H,22,23). The maximum Gasteiger partial charge on any atom is 0.349 e. The highest BCUT2D eigenvalue weighted by Gasteiger charge is 2.39. The summed E-state index contributed by atoms with van der Waals surface area (Å²) in [6, 6.07) is 12.3. The first-order valence-electron chi connectivity index (χ1n) is 9.10. The van der Waals surface area contributed by atoms with E-state index in [4.69, 9.17) is 18.9 Å². The number of fused-ring (bicyclic) bond motifs is 1. The van der Waals surface area contributed by atoms with Crippen LogP contribution in [0.25, 0.3) is 0 Å². The molecule has 3 rings (SSSR count). The molecule has 0 bridgehead atoms. The lowest BCUT2D eigenvalue weighted by molar-refractivity contribution is -0.151. The molecule has 0 amide bonds. The van der Waals surface area contributed by atoms with E-state index in [1.54, 1.807) is 43.5 Å². The third-order valence-electron chi connectivity index (χ3n) is 4.41. The topological polar surface area (TPSA) is 74.2 Å². The summed E-state index contributed by atoms with van der Waals surface area (Å²) in [7, 11) is 1.58. The van der Waals surface area contributed by atoms with E-state index in [1.165, 1.54) is 0 Å². The van der Waals surface area contributed by atoms with Gasteiger partial charge in [0.15, 0.2) is 17.6 Å². The minimum atomic E-state index is -1.17. The van der Waals surface area contributed by atoms with Crippen LogP contribution >= 0.6 is 0 Å². The number of methoxy groups -OCH3 is 1. The molecule has 2 aromatic carbocycles. The number of unbranched alkanes of at least 4 members (excludes halogenated alkanes) is 2. The molecule has 0 radical (unpaired) electrons. The van der Waals surface area contributed by atoms with Crippen LogP contribution in [-0.4, -0.2) is 30.9 Å². The molecule has 1 heterocycles. The molecule has 27 heavy (non-hydrogen) atoms. The van der Waals surface area contributed by atoms with E-state index < -0.39 is 18.2 Å². The number of carboxylic acids is 1. The first-order valence-corrected chi connectivity index (χ1v) is 9.10. The van der Waals surface area contributed by atoms with Gasteiger partial charge in [0, 0.05) is 11.6 Å². The van der Waals surface area contributed by atoms with Crippen molar-refractivity contribution < 1.29 is 28.8 Å². The molecule has 0 saturated heterocycles. The third kappa shape index (κ3) is 4.27. The van der Waals surface area contributed by atoms with Crippen molar-refractivity contribution in [3.63, 3.8) is 0 Å². The van der Waals surface area contributed by atoms with Crippen molar-refractivity contribution in [3.8, 4) is 23.0 Å². The zero-order valence-electron chi connectivity index (χ0n) is 15.5. The van der Waals surface area contributed by atoms with Gasteiger partial charge in [0.1, 0.15) is 11.5 Å². The molecular weight excluding hydrogens is 348 g/mol. The number of rotatable bonds is 8. The van der Waals surface area contributed by atoms with Gasteiger partial charge in [-0.3, -0.25) is 0 Å². The van der Waals surface area contributed by atoms with Crippen LogP contribution in [0.2, 0.25) is 0 Å². The first kappa shape index (κ1) is 18.9. The van der Waals surface area contributed by atoms with Crippen LogP contribution in [0.4, 0.5) is 0 Å². The normalized spacial score (nSPS) is 18.0. The number of carbonyl (C=O) groups is 1. The molecule has 0 aliphatic carbocycles. The molecule has 6 nitrogen and oxygen atoms in total. The van der Waals surface area contributed by atoms with Gasteiger partial charge in [0.05, 0.1) is 13.7 Å². The molecule has 2 unspecified atom stereocenters. The zero-order valence-corrected chi connectivity index (χ0v) is 15.5. The molecular formula is C21H24O6. The van der Waals surface area contributed by atoms with E-state index >= 15 is 0 Å². The highest BCUT2D eigenvalue weighted by molar-refractivity contribution is 5.75. The second-order valence-electron chi connectivity index (χ2n) is 6.32. The van der Waals surface area contributed by atoms with Crippen LogP contribution in [0, 0.1) is 0 Å². The van der Waals surface area contributed by atoms with E-state index in [-0.39, 0.29) is 0 Å². The lowest BCUT2D eigenvalue weighted by Gasteiger charge is -2.32. The zero-order chi connectivity index (χ0) is 19.2. The number of para-hydroxylation sites is 2. The van der Waals surface area contributed by atoms with Gasteiger partial charge in [-0.2, -0.15) is 0 Å². The molecule has 6 heteroatoms.